The molecule has 9 nitrogen and oxygen atoms in total. The number of hydrogen-bond acceptors (Lipinski definition) is 5. The Hall–Kier alpha value is -4.24. The second-order valence-corrected chi connectivity index (χ2v) is 12.3. The van der Waals surface area contributed by atoms with Crippen molar-refractivity contribution >= 4 is 45.2 Å². The number of aryl methyl sites for hydroxylation is 3. The maximum atomic E-state index is 12.6. The fourth-order valence-corrected chi connectivity index (χ4v) is 6.70. The van der Waals surface area contributed by atoms with Crippen molar-refractivity contribution in [3.8, 4) is 0 Å². The molecule has 0 aliphatic carbocycles. The van der Waals surface area contributed by atoms with Crippen LogP contribution in [0.15, 0.2) is 18.2 Å². The van der Waals surface area contributed by atoms with Gasteiger partial charge in [0.2, 0.25) is 0 Å². The number of unbranched alkanes of at least 4 members (excludes halogenated alkanes) is 1. The van der Waals surface area contributed by atoms with E-state index in [2.05, 4.69) is 56.7 Å². The van der Waals surface area contributed by atoms with Gasteiger partial charge in [-0.3, -0.25) is 9.78 Å². The van der Waals surface area contributed by atoms with E-state index in [1.807, 2.05) is 13.0 Å². The van der Waals surface area contributed by atoms with Gasteiger partial charge < -0.3 is 24.9 Å². The van der Waals surface area contributed by atoms with E-state index in [4.69, 9.17) is 14.7 Å². The van der Waals surface area contributed by atoms with Crippen LogP contribution in [-0.2, 0) is 27.4 Å². The molecule has 2 aliphatic rings. The highest BCUT2D eigenvalue weighted by Crippen LogP contribution is 2.43. The Bertz CT molecular complexity index is 1860. The lowest BCUT2D eigenvalue weighted by Gasteiger charge is -2.16. The molecule has 238 valence electrons. The molecular weight excluding hydrogens is 568 g/mol. The van der Waals surface area contributed by atoms with Crippen molar-refractivity contribution < 1.29 is 24.5 Å². The monoisotopic (exact) mass is 612 g/mol. The van der Waals surface area contributed by atoms with Crippen molar-refractivity contribution in [3.05, 3.63) is 68.8 Å². The summed E-state index contributed by atoms with van der Waals surface area (Å²) in [4.78, 5) is 41.5. The molecule has 2 atom stereocenters. The van der Waals surface area contributed by atoms with Crippen LogP contribution in [0.1, 0.15) is 116 Å². The zero-order valence-electron chi connectivity index (χ0n) is 27.4. The first kappa shape index (κ1) is 32.2. The van der Waals surface area contributed by atoms with Gasteiger partial charge in [0.15, 0.2) is 0 Å². The molecule has 0 fully saturated rings. The summed E-state index contributed by atoms with van der Waals surface area (Å²) in [6.07, 6.45) is 3.22. The van der Waals surface area contributed by atoms with E-state index in [0.717, 1.165) is 69.3 Å². The fraction of sp³-hybridized carbons (Fsp3) is 0.444. The maximum Gasteiger partial charge on any atom is 0.338 e. The Kier molecular flexibility index (Phi) is 9.30. The molecule has 8 bridgehead atoms. The van der Waals surface area contributed by atoms with Gasteiger partial charge >= 0.3 is 11.9 Å². The Morgan fingerprint density at radius 1 is 0.889 bits per heavy atom. The number of nitrogens with one attached hydrogen (secondary N) is 2. The van der Waals surface area contributed by atoms with Crippen molar-refractivity contribution in [1.82, 2.24) is 19.9 Å². The normalized spacial score (nSPS) is 16.4. The number of allylic oxidation sites excluding steroid dienone is 1. The predicted molar refractivity (Wildman–Crippen MR) is 177 cm³/mol. The molecule has 0 aromatic carbocycles. The number of rotatable bonds is 10. The number of hydrogen-bond donors (Lipinski definition) is 4. The van der Waals surface area contributed by atoms with E-state index in [0.29, 0.717) is 47.9 Å². The first-order valence-corrected chi connectivity index (χ1v) is 15.9. The van der Waals surface area contributed by atoms with Crippen molar-refractivity contribution in [2.45, 2.75) is 99.0 Å². The van der Waals surface area contributed by atoms with Crippen LogP contribution in [0.5, 0.6) is 0 Å². The zero-order chi connectivity index (χ0) is 32.6. The number of aliphatic carboxylic acids is 2. The number of ether oxygens (including phenoxy) is 1. The molecule has 5 heterocycles. The van der Waals surface area contributed by atoms with Crippen LogP contribution in [0.2, 0.25) is 0 Å². The number of aromatic nitrogens is 4. The van der Waals surface area contributed by atoms with Gasteiger partial charge in [0.05, 0.1) is 23.6 Å². The number of carbonyl (C=O) groups is 2. The van der Waals surface area contributed by atoms with E-state index >= 15 is 0 Å². The minimum Gasteiger partial charge on any atom is -0.481 e. The topological polar surface area (TPSA) is 141 Å². The lowest BCUT2D eigenvalue weighted by Crippen LogP contribution is -2.08. The molecule has 2 aliphatic heterocycles. The maximum absolute atomic E-state index is 12.6. The van der Waals surface area contributed by atoms with Crippen molar-refractivity contribution in [2.24, 2.45) is 0 Å². The molecule has 0 saturated carbocycles. The highest BCUT2D eigenvalue weighted by Gasteiger charge is 2.33. The molecule has 3 aromatic heterocycles. The summed E-state index contributed by atoms with van der Waals surface area (Å²) in [5.41, 5.74) is 12.1. The molecule has 0 amide bonds. The number of nitrogens with zero attached hydrogens (tertiary/aromatic N) is 2. The first-order valence-electron chi connectivity index (χ1n) is 15.9. The lowest BCUT2D eigenvalue weighted by atomic mass is 9.85. The number of carboxylic acids is 2. The van der Waals surface area contributed by atoms with E-state index in [1.165, 1.54) is 0 Å². The second-order valence-electron chi connectivity index (χ2n) is 12.3. The summed E-state index contributed by atoms with van der Waals surface area (Å²) in [7, 11) is 0. The third kappa shape index (κ3) is 6.06. The molecule has 4 N–H and O–H groups in total. The van der Waals surface area contributed by atoms with Gasteiger partial charge in [-0.1, -0.05) is 27.2 Å². The Morgan fingerprint density at radius 2 is 1.56 bits per heavy atom. The van der Waals surface area contributed by atoms with Crippen molar-refractivity contribution in [3.63, 3.8) is 0 Å². The molecule has 0 spiro atoms. The predicted octanol–water partition coefficient (Wildman–Crippen LogP) is 7.89. The Labute approximate surface area is 263 Å². The summed E-state index contributed by atoms with van der Waals surface area (Å²) >= 11 is 0. The van der Waals surface area contributed by atoms with Crippen LogP contribution in [0.25, 0.3) is 33.2 Å². The number of carboxylic acid groups (broad SMARTS) is 2. The summed E-state index contributed by atoms with van der Waals surface area (Å²) in [6.45, 7) is 15.3. The molecular formula is C36H44N4O5. The van der Waals surface area contributed by atoms with Gasteiger partial charge in [0, 0.05) is 63.9 Å². The summed E-state index contributed by atoms with van der Waals surface area (Å²) in [5.74, 6) is -2.21. The number of aromatic amines is 2. The van der Waals surface area contributed by atoms with Gasteiger partial charge in [-0.25, -0.2) is 9.78 Å². The molecule has 0 unspecified atom stereocenters. The summed E-state index contributed by atoms with van der Waals surface area (Å²) in [5, 5.41) is 19.9. The average molecular weight is 613 g/mol. The zero-order valence-corrected chi connectivity index (χ0v) is 27.4. The van der Waals surface area contributed by atoms with Crippen LogP contribution in [-0.4, -0.2) is 48.7 Å². The average Bonchev–Trinajstić information content (AvgIpc) is 3.67. The fourth-order valence-electron chi connectivity index (χ4n) is 6.70. The quantitative estimate of drug-likeness (QED) is 0.171. The molecule has 0 radical (unpaired) electrons. The van der Waals surface area contributed by atoms with Crippen LogP contribution >= 0.6 is 0 Å². The van der Waals surface area contributed by atoms with E-state index in [1.54, 1.807) is 6.92 Å². The standard InChI is InChI=1S/C36H44N4O5/c1-8-10-13-45-17-25-20(5)26-14-28-19(4)24(11-12-32(41)42)34(39-28)22(7)35-33(36(43)44)21(6)29(40-35)16-30-23(9-2)18(3)27(37-30)15-31(25)38-26/h14-16,19,24,37-38H,8-13,17H2,1-7H3,(H,41,42)(H,43,44)/t19-,24-/m0/s1. The van der Waals surface area contributed by atoms with E-state index in [-0.39, 0.29) is 23.8 Å². The first-order chi connectivity index (χ1) is 21.5. The highest BCUT2D eigenvalue weighted by molar-refractivity contribution is 6.24. The largest absolute Gasteiger partial charge is 0.481 e. The van der Waals surface area contributed by atoms with Crippen LogP contribution in [0.3, 0.4) is 0 Å². The second kappa shape index (κ2) is 13.0. The smallest absolute Gasteiger partial charge is 0.338 e. The van der Waals surface area contributed by atoms with Crippen molar-refractivity contribution in [2.75, 3.05) is 6.61 Å². The number of fused-ring (bicyclic) bond motifs is 8. The van der Waals surface area contributed by atoms with Crippen LogP contribution in [0.4, 0.5) is 0 Å². The van der Waals surface area contributed by atoms with Gasteiger partial charge in [-0.15, -0.1) is 0 Å². The van der Waals surface area contributed by atoms with E-state index in [9.17, 15) is 19.8 Å². The third-order valence-corrected chi connectivity index (χ3v) is 9.53. The lowest BCUT2D eigenvalue weighted by molar-refractivity contribution is -0.137. The minimum absolute atomic E-state index is 0.0131. The molecule has 3 aromatic rings. The van der Waals surface area contributed by atoms with Gasteiger partial charge in [0.1, 0.15) is 0 Å². The van der Waals surface area contributed by atoms with E-state index < -0.39 is 11.9 Å². The third-order valence-electron chi connectivity index (χ3n) is 9.53. The minimum atomic E-state index is -1.05. The summed E-state index contributed by atoms with van der Waals surface area (Å²) < 4.78 is 6.11. The summed E-state index contributed by atoms with van der Waals surface area (Å²) in [6, 6.07) is 6.13. The van der Waals surface area contributed by atoms with Crippen LogP contribution in [0, 0.1) is 20.8 Å². The molecule has 9 heteroatoms. The van der Waals surface area contributed by atoms with Gasteiger partial charge in [-0.05, 0) is 93.0 Å². The SMILES string of the molecule is CCCCOCc1c(C)c2cc3nc(c(C)c4nc(cc5[nH]c(cc1[nH]2)c(C)c5CC)C(C)=C4C(=O)O)[C@@H](CCC(=O)O)[C@@H]3C. The van der Waals surface area contributed by atoms with Crippen LogP contribution < -0.4 is 0 Å². The molecule has 5 rings (SSSR count). The molecule has 45 heavy (non-hydrogen) atoms. The van der Waals surface area contributed by atoms with Gasteiger partial charge in [-0.2, -0.15) is 0 Å². The number of H-pyrrole nitrogens is 2. The Morgan fingerprint density at radius 3 is 2.20 bits per heavy atom. The van der Waals surface area contributed by atoms with Crippen molar-refractivity contribution in [1.29, 1.82) is 0 Å². The Balaban J connectivity index is 1.91. The highest BCUT2D eigenvalue weighted by atomic mass is 16.5. The van der Waals surface area contributed by atoms with Gasteiger partial charge in [0.25, 0.3) is 0 Å². The molecule has 0 saturated heterocycles.